The summed E-state index contributed by atoms with van der Waals surface area (Å²) in [6.45, 7) is 1.76. The van der Waals surface area contributed by atoms with Gasteiger partial charge in [0.25, 0.3) is 5.91 Å². The van der Waals surface area contributed by atoms with Crippen molar-refractivity contribution in [3.05, 3.63) is 89.6 Å². The first-order chi connectivity index (χ1) is 17.7. The van der Waals surface area contributed by atoms with Crippen molar-refractivity contribution in [2.75, 3.05) is 17.7 Å². The summed E-state index contributed by atoms with van der Waals surface area (Å²) in [5.74, 6) is -3.52. The van der Waals surface area contributed by atoms with Crippen molar-refractivity contribution in [3.63, 3.8) is 0 Å². The van der Waals surface area contributed by atoms with Gasteiger partial charge in [-0.15, -0.1) is 0 Å². The first-order valence-electron chi connectivity index (χ1n) is 11.8. The van der Waals surface area contributed by atoms with Gasteiger partial charge in [-0.2, -0.15) is 0 Å². The SMILES string of the molecule is CC[C@@H](NC(=O)N1C(=O)[C@H](Cc2ccnc(N)c2)[C@H]1C(=O)N(C)c1ccccc1)c1ccc(F)c(F)c1. The summed E-state index contributed by atoms with van der Waals surface area (Å²) in [5.41, 5.74) is 7.43. The predicted octanol–water partition coefficient (Wildman–Crippen LogP) is 3.84. The van der Waals surface area contributed by atoms with Crippen LogP contribution >= 0.6 is 0 Å². The number of para-hydroxylation sites is 1. The third-order valence-corrected chi connectivity index (χ3v) is 6.51. The topological polar surface area (TPSA) is 109 Å². The average Bonchev–Trinajstić information content (AvgIpc) is 2.90. The van der Waals surface area contributed by atoms with Crippen molar-refractivity contribution < 1.29 is 23.2 Å². The standard InChI is InChI=1S/C27H27F2N5O3/c1-3-22(17-9-10-20(28)21(29)15-17)32-27(37)34-24(26(36)33(2)18-7-5-4-6-8-18)19(25(34)35)13-16-11-12-31-23(30)14-16/h4-12,14-15,19,22,24H,3,13H2,1-2H3,(H2,30,31)(H,32,37)/t19-,22-,24+/m1/s1. The van der Waals surface area contributed by atoms with Crippen molar-refractivity contribution >= 4 is 29.4 Å². The first-order valence-corrected chi connectivity index (χ1v) is 11.8. The molecule has 3 N–H and O–H groups in total. The number of likely N-dealkylation sites (tertiary alicyclic amines) is 1. The van der Waals surface area contributed by atoms with E-state index in [1.54, 1.807) is 50.4 Å². The second-order valence-corrected chi connectivity index (χ2v) is 8.87. The minimum atomic E-state index is -1.07. The zero-order valence-electron chi connectivity index (χ0n) is 20.4. The van der Waals surface area contributed by atoms with Crippen LogP contribution in [-0.4, -0.2) is 40.8 Å². The van der Waals surface area contributed by atoms with Gasteiger partial charge in [-0.05, 0) is 60.4 Å². The van der Waals surface area contributed by atoms with Gasteiger partial charge in [0.2, 0.25) is 5.91 Å². The zero-order valence-corrected chi connectivity index (χ0v) is 20.4. The Hall–Kier alpha value is -4.34. The number of hydrogen-bond donors (Lipinski definition) is 2. The fraction of sp³-hybridized carbons (Fsp3) is 0.259. The van der Waals surface area contributed by atoms with Crippen molar-refractivity contribution in [2.24, 2.45) is 5.92 Å². The molecule has 3 atom stereocenters. The zero-order chi connectivity index (χ0) is 26.7. The molecule has 1 saturated heterocycles. The van der Waals surface area contributed by atoms with Crippen LogP contribution in [0.5, 0.6) is 0 Å². The Labute approximate surface area is 213 Å². The lowest BCUT2D eigenvalue weighted by molar-refractivity contribution is -0.156. The smallest absolute Gasteiger partial charge is 0.325 e. The van der Waals surface area contributed by atoms with Gasteiger partial charge in [0.05, 0.1) is 12.0 Å². The number of urea groups is 1. The van der Waals surface area contributed by atoms with Crippen molar-refractivity contribution in [3.8, 4) is 0 Å². The van der Waals surface area contributed by atoms with Crippen LogP contribution in [0.3, 0.4) is 0 Å². The first kappa shape index (κ1) is 25.7. The van der Waals surface area contributed by atoms with Crippen LogP contribution in [0, 0.1) is 17.6 Å². The number of halogens is 2. The Morgan fingerprint density at radius 2 is 1.84 bits per heavy atom. The van der Waals surface area contributed by atoms with E-state index in [0.717, 1.165) is 17.0 Å². The summed E-state index contributed by atoms with van der Waals surface area (Å²) in [4.78, 5) is 46.3. The highest BCUT2D eigenvalue weighted by Gasteiger charge is 2.55. The number of carbonyl (C=O) groups excluding carboxylic acids is 3. The number of benzene rings is 2. The van der Waals surface area contributed by atoms with Crippen LogP contribution in [0.1, 0.15) is 30.5 Å². The molecular formula is C27H27F2N5O3. The molecule has 4 rings (SSSR count). The minimum Gasteiger partial charge on any atom is -0.384 e. The maximum absolute atomic E-state index is 13.8. The van der Waals surface area contributed by atoms with Gasteiger partial charge >= 0.3 is 6.03 Å². The fourth-order valence-electron chi connectivity index (χ4n) is 4.48. The maximum atomic E-state index is 13.8. The largest absolute Gasteiger partial charge is 0.384 e. The average molecular weight is 508 g/mol. The van der Waals surface area contributed by atoms with Gasteiger partial charge in [0.15, 0.2) is 11.6 Å². The molecule has 3 aromatic rings. The minimum absolute atomic E-state index is 0.189. The molecular weight excluding hydrogens is 480 g/mol. The molecule has 0 unspecified atom stereocenters. The molecule has 10 heteroatoms. The second-order valence-electron chi connectivity index (χ2n) is 8.87. The Morgan fingerprint density at radius 1 is 1.11 bits per heavy atom. The lowest BCUT2D eigenvalue weighted by Gasteiger charge is -2.46. The number of likely N-dealkylation sites (N-methyl/N-ethyl adjacent to an activating group) is 1. The summed E-state index contributed by atoms with van der Waals surface area (Å²) in [5, 5.41) is 2.70. The lowest BCUT2D eigenvalue weighted by atomic mass is 9.81. The molecule has 0 saturated carbocycles. The Bertz CT molecular complexity index is 1320. The maximum Gasteiger partial charge on any atom is 0.325 e. The number of nitrogen functional groups attached to an aromatic ring is 1. The van der Waals surface area contributed by atoms with E-state index in [1.807, 2.05) is 6.07 Å². The van der Waals surface area contributed by atoms with Crippen LogP contribution in [0.15, 0.2) is 66.9 Å². The molecule has 37 heavy (non-hydrogen) atoms. The van der Waals surface area contributed by atoms with Crippen LogP contribution in [0.4, 0.5) is 25.1 Å². The number of rotatable bonds is 7. The van der Waals surface area contributed by atoms with Crippen LogP contribution in [0.25, 0.3) is 0 Å². The van der Waals surface area contributed by atoms with Gasteiger partial charge in [-0.25, -0.2) is 18.6 Å². The molecule has 0 bridgehead atoms. The summed E-state index contributed by atoms with van der Waals surface area (Å²) in [7, 11) is 1.58. The molecule has 1 fully saturated rings. The van der Waals surface area contributed by atoms with Crippen LogP contribution < -0.4 is 16.0 Å². The summed E-state index contributed by atoms with van der Waals surface area (Å²) in [6, 6.07) is 13.0. The molecule has 1 aliphatic heterocycles. The Balaban J connectivity index is 1.60. The number of imide groups is 1. The van der Waals surface area contributed by atoms with E-state index in [0.29, 0.717) is 23.2 Å². The van der Waals surface area contributed by atoms with E-state index in [1.165, 1.54) is 17.2 Å². The van der Waals surface area contributed by atoms with E-state index >= 15 is 0 Å². The highest BCUT2D eigenvalue weighted by molar-refractivity contribution is 6.12. The molecule has 0 radical (unpaired) electrons. The molecule has 8 nitrogen and oxygen atoms in total. The van der Waals surface area contributed by atoms with Gasteiger partial charge < -0.3 is 16.0 Å². The van der Waals surface area contributed by atoms with Gasteiger partial charge in [0.1, 0.15) is 11.9 Å². The van der Waals surface area contributed by atoms with Gasteiger partial charge in [-0.1, -0.05) is 31.2 Å². The third kappa shape index (κ3) is 5.28. The number of anilines is 2. The van der Waals surface area contributed by atoms with E-state index in [2.05, 4.69) is 10.3 Å². The molecule has 0 spiro atoms. The number of pyridine rings is 1. The second kappa shape index (κ2) is 10.7. The monoisotopic (exact) mass is 507 g/mol. The molecule has 1 aliphatic rings. The number of amides is 4. The van der Waals surface area contributed by atoms with E-state index in [4.69, 9.17) is 5.73 Å². The number of nitrogens with zero attached hydrogens (tertiary/aromatic N) is 3. The fourth-order valence-corrected chi connectivity index (χ4v) is 4.48. The quantitative estimate of drug-likeness (QED) is 0.473. The molecule has 0 aliphatic carbocycles. The third-order valence-electron chi connectivity index (χ3n) is 6.51. The van der Waals surface area contributed by atoms with Crippen molar-refractivity contribution in [1.29, 1.82) is 0 Å². The number of β-lactam (4-membered cyclic amide) rings is 1. The molecule has 4 amide bonds. The molecule has 192 valence electrons. The lowest BCUT2D eigenvalue weighted by Crippen LogP contribution is -2.70. The number of nitrogens with one attached hydrogen (secondary N) is 1. The number of carbonyl (C=O) groups is 3. The number of aromatic nitrogens is 1. The van der Waals surface area contributed by atoms with Gasteiger partial charge in [0, 0.05) is 18.9 Å². The van der Waals surface area contributed by atoms with Crippen molar-refractivity contribution in [1.82, 2.24) is 15.2 Å². The highest BCUT2D eigenvalue weighted by Crippen LogP contribution is 2.33. The normalized spacial score (nSPS) is 17.6. The van der Waals surface area contributed by atoms with E-state index in [9.17, 15) is 23.2 Å². The Morgan fingerprint density at radius 3 is 2.49 bits per heavy atom. The van der Waals surface area contributed by atoms with Gasteiger partial charge in [-0.3, -0.25) is 14.5 Å². The highest BCUT2D eigenvalue weighted by atomic mass is 19.2. The van der Waals surface area contributed by atoms with Crippen LogP contribution in [-0.2, 0) is 16.0 Å². The predicted molar refractivity (Wildman–Crippen MR) is 134 cm³/mol. The van der Waals surface area contributed by atoms with E-state index in [-0.39, 0.29) is 12.2 Å². The summed E-state index contributed by atoms with van der Waals surface area (Å²) < 4.78 is 27.2. The summed E-state index contributed by atoms with van der Waals surface area (Å²) >= 11 is 0. The number of hydrogen-bond acceptors (Lipinski definition) is 5. The van der Waals surface area contributed by atoms with Crippen LogP contribution in [0.2, 0.25) is 0 Å². The number of nitrogens with two attached hydrogens (primary N) is 1. The van der Waals surface area contributed by atoms with E-state index < -0.39 is 47.5 Å². The molecule has 1 aromatic heterocycles. The molecule has 2 heterocycles. The molecule has 2 aromatic carbocycles. The Kier molecular flexibility index (Phi) is 7.47. The summed E-state index contributed by atoms with van der Waals surface area (Å²) in [6.07, 6.45) is 2.05. The van der Waals surface area contributed by atoms with Crippen molar-refractivity contribution in [2.45, 2.75) is 31.8 Å².